The quantitative estimate of drug-likeness (QED) is 0.890. The van der Waals surface area contributed by atoms with Crippen LogP contribution < -0.4 is 0 Å². The van der Waals surface area contributed by atoms with Gasteiger partial charge in [0.2, 0.25) is 0 Å². The minimum Gasteiger partial charge on any atom is -0.479 e. The van der Waals surface area contributed by atoms with Gasteiger partial charge in [-0.2, -0.15) is 0 Å². The number of carboxylic acids is 1. The Labute approximate surface area is 129 Å². The van der Waals surface area contributed by atoms with Crippen molar-refractivity contribution in [2.45, 2.75) is 32.2 Å². The van der Waals surface area contributed by atoms with Gasteiger partial charge >= 0.3 is 5.97 Å². The Hall–Kier alpha value is -1.83. The van der Waals surface area contributed by atoms with Crippen molar-refractivity contribution in [3.63, 3.8) is 0 Å². The van der Waals surface area contributed by atoms with E-state index in [4.69, 9.17) is 0 Å². The molecule has 6 nitrogen and oxygen atoms in total. The lowest BCUT2D eigenvalue weighted by molar-refractivity contribution is -0.148. The fourth-order valence-electron chi connectivity index (χ4n) is 2.23. The smallest absolute Gasteiger partial charge is 0.331 e. The van der Waals surface area contributed by atoms with Gasteiger partial charge in [-0.1, -0.05) is 13.8 Å². The predicted molar refractivity (Wildman–Crippen MR) is 77.1 cm³/mol. The van der Waals surface area contributed by atoms with Crippen molar-refractivity contribution in [1.82, 2.24) is 20.2 Å². The van der Waals surface area contributed by atoms with Gasteiger partial charge in [-0.3, -0.25) is 0 Å². The van der Waals surface area contributed by atoms with Gasteiger partial charge in [-0.25, -0.2) is 13.9 Å². The predicted octanol–water partition coefficient (Wildman–Crippen LogP) is 2.84. The number of aromatic nitrogens is 4. The summed E-state index contributed by atoms with van der Waals surface area (Å²) in [7, 11) is 0. The molecule has 1 heterocycles. The summed E-state index contributed by atoms with van der Waals surface area (Å²) in [6, 6.07) is 4.43. The minimum absolute atomic E-state index is 0.229. The maximum atomic E-state index is 13.7. The van der Waals surface area contributed by atoms with Gasteiger partial charge in [0.1, 0.15) is 5.82 Å². The third-order valence-corrected chi connectivity index (χ3v) is 4.26. The fraction of sp³-hybridized carbons (Fsp3) is 0.385. The summed E-state index contributed by atoms with van der Waals surface area (Å²) in [4.78, 5) is 11.7. The minimum atomic E-state index is -1.25. The molecule has 2 aromatic rings. The van der Waals surface area contributed by atoms with Crippen LogP contribution in [-0.4, -0.2) is 31.3 Å². The second-order valence-electron chi connectivity index (χ2n) is 4.59. The highest BCUT2D eigenvalue weighted by Gasteiger charge is 2.40. The number of tetrazole rings is 1. The van der Waals surface area contributed by atoms with E-state index in [1.54, 1.807) is 19.9 Å². The molecule has 0 fully saturated rings. The molecule has 1 aromatic heterocycles. The summed E-state index contributed by atoms with van der Waals surface area (Å²) in [5.74, 6) is -1.25. The Kier molecular flexibility index (Phi) is 4.36. The molecule has 0 saturated carbocycles. The van der Waals surface area contributed by atoms with Crippen LogP contribution in [0.1, 0.15) is 26.7 Å². The Morgan fingerprint density at radius 2 is 2.10 bits per heavy atom. The topological polar surface area (TPSA) is 80.9 Å². The van der Waals surface area contributed by atoms with Gasteiger partial charge in [0.25, 0.3) is 0 Å². The monoisotopic (exact) mass is 356 g/mol. The van der Waals surface area contributed by atoms with Crippen LogP contribution in [0.3, 0.4) is 0 Å². The molecule has 0 aliphatic carbocycles. The SMILES string of the molecule is CCC(CC)(C(=O)O)n1nnnc1-c1ccc(Br)c(F)c1. The van der Waals surface area contributed by atoms with Gasteiger partial charge in [0, 0.05) is 5.56 Å². The number of hydrogen-bond donors (Lipinski definition) is 1. The van der Waals surface area contributed by atoms with Gasteiger partial charge in [0.15, 0.2) is 11.4 Å². The van der Waals surface area contributed by atoms with E-state index in [-0.39, 0.29) is 5.82 Å². The van der Waals surface area contributed by atoms with E-state index in [0.29, 0.717) is 22.9 Å². The molecular weight excluding hydrogens is 343 g/mol. The van der Waals surface area contributed by atoms with Crippen molar-refractivity contribution >= 4 is 21.9 Å². The van der Waals surface area contributed by atoms with Crippen LogP contribution in [0.15, 0.2) is 22.7 Å². The number of aliphatic carboxylic acids is 1. The zero-order valence-corrected chi connectivity index (χ0v) is 13.1. The summed E-state index contributed by atoms with van der Waals surface area (Å²) < 4.78 is 15.3. The summed E-state index contributed by atoms with van der Waals surface area (Å²) in [6.45, 7) is 3.51. The molecule has 0 unspecified atom stereocenters. The van der Waals surface area contributed by atoms with E-state index in [2.05, 4.69) is 31.5 Å². The lowest BCUT2D eigenvalue weighted by Gasteiger charge is -2.27. The van der Waals surface area contributed by atoms with E-state index in [1.807, 2.05) is 0 Å². The Bertz CT molecular complexity index is 670. The van der Waals surface area contributed by atoms with Crippen LogP contribution in [0.5, 0.6) is 0 Å². The first-order valence-electron chi connectivity index (χ1n) is 6.44. The van der Waals surface area contributed by atoms with Crippen LogP contribution >= 0.6 is 15.9 Å². The molecule has 0 amide bonds. The molecule has 0 saturated heterocycles. The van der Waals surface area contributed by atoms with Crippen molar-refractivity contribution in [3.8, 4) is 11.4 Å². The highest BCUT2D eigenvalue weighted by atomic mass is 79.9. The van der Waals surface area contributed by atoms with Crippen molar-refractivity contribution < 1.29 is 14.3 Å². The highest BCUT2D eigenvalue weighted by Crippen LogP contribution is 2.30. The van der Waals surface area contributed by atoms with Crippen LogP contribution in [0.4, 0.5) is 4.39 Å². The molecule has 0 radical (unpaired) electrons. The maximum absolute atomic E-state index is 13.7. The standard InChI is InChI=1S/C13H14BrFN4O2/c1-3-13(4-2,12(20)21)19-11(16-17-18-19)8-5-6-9(14)10(15)7-8/h5-7H,3-4H2,1-2H3,(H,20,21). The Balaban J connectivity index is 2.61. The lowest BCUT2D eigenvalue weighted by Crippen LogP contribution is -2.42. The number of halogens is 2. The van der Waals surface area contributed by atoms with Crippen molar-refractivity contribution in [2.75, 3.05) is 0 Å². The average Bonchev–Trinajstić information content (AvgIpc) is 2.93. The molecule has 0 aliphatic rings. The second-order valence-corrected chi connectivity index (χ2v) is 5.44. The molecule has 0 atom stereocenters. The second kappa shape index (κ2) is 5.88. The van der Waals surface area contributed by atoms with Gasteiger partial charge in [0.05, 0.1) is 4.47 Å². The zero-order chi connectivity index (χ0) is 15.6. The molecule has 0 bridgehead atoms. The number of nitrogens with zero attached hydrogens (tertiary/aromatic N) is 4. The highest BCUT2D eigenvalue weighted by molar-refractivity contribution is 9.10. The molecule has 8 heteroatoms. The first-order valence-corrected chi connectivity index (χ1v) is 7.23. The third-order valence-electron chi connectivity index (χ3n) is 3.62. The van der Waals surface area contributed by atoms with E-state index in [9.17, 15) is 14.3 Å². The molecule has 21 heavy (non-hydrogen) atoms. The van der Waals surface area contributed by atoms with Crippen LogP contribution in [0.25, 0.3) is 11.4 Å². The number of benzene rings is 1. The van der Waals surface area contributed by atoms with Gasteiger partial charge < -0.3 is 5.11 Å². The average molecular weight is 357 g/mol. The van der Waals surface area contributed by atoms with E-state index in [1.165, 1.54) is 16.8 Å². The molecular formula is C13H14BrFN4O2. The zero-order valence-electron chi connectivity index (χ0n) is 11.5. The molecule has 112 valence electrons. The summed E-state index contributed by atoms with van der Waals surface area (Å²) in [6.07, 6.45) is 0.631. The number of carboxylic acid groups (broad SMARTS) is 1. The first-order chi connectivity index (χ1) is 9.96. The molecule has 1 aromatic carbocycles. The van der Waals surface area contributed by atoms with E-state index >= 15 is 0 Å². The summed E-state index contributed by atoms with van der Waals surface area (Å²) in [5.41, 5.74) is -0.823. The third kappa shape index (κ3) is 2.55. The van der Waals surface area contributed by atoms with Crippen LogP contribution in [-0.2, 0) is 10.3 Å². The Morgan fingerprint density at radius 3 is 2.62 bits per heavy atom. The Morgan fingerprint density at radius 1 is 1.43 bits per heavy atom. The van der Waals surface area contributed by atoms with Gasteiger partial charge in [-0.05, 0) is 57.4 Å². The van der Waals surface area contributed by atoms with E-state index in [0.717, 1.165) is 0 Å². The molecule has 0 spiro atoms. The number of rotatable bonds is 5. The van der Waals surface area contributed by atoms with Crippen LogP contribution in [0, 0.1) is 5.82 Å². The maximum Gasteiger partial charge on any atom is 0.331 e. The molecule has 1 N–H and O–H groups in total. The normalized spacial score (nSPS) is 11.6. The van der Waals surface area contributed by atoms with E-state index < -0.39 is 17.3 Å². The fourth-order valence-corrected chi connectivity index (χ4v) is 2.48. The summed E-state index contributed by atoms with van der Waals surface area (Å²) in [5, 5.41) is 20.8. The first kappa shape index (κ1) is 15.6. The van der Waals surface area contributed by atoms with Crippen molar-refractivity contribution in [3.05, 3.63) is 28.5 Å². The molecule has 0 aliphatic heterocycles. The molecule has 2 rings (SSSR count). The van der Waals surface area contributed by atoms with Crippen molar-refractivity contribution in [1.29, 1.82) is 0 Å². The summed E-state index contributed by atoms with van der Waals surface area (Å²) >= 11 is 3.07. The largest absolute Gasteiger partial charge is 0.479 e. The number of hydrogen-bond acceptors (Lipinski definition) is 4. The van der Waals surface area contributed by atoms with Crippen molar-refractivity contribution in [2.24, 2.45) is 0 Å². The number of carbonyl (C=O) groups is 1. The van der Waals surface area contributed by atoms with Crippen LogP contribution in [0.2, 0.25) is 0 Å². The lowest BCUT2D eigenvalue weighted by atomic mass is 9.92. The van der Waals surface area contributed by atoms with Gasteiger partial charge in [-0.15, -0.1) is 5.10 Å².